The highest BCUT2D eigenvalue weighted by Crippen LogP contribution is 2.35. The molecule has 108 valence electrons. The van der Waals surface area contributed by atoms with E-state index >= 15 is 0 Å². The van der Waals surface area contributed by atoms with Crippen LogP contribution in [-0.4, -0.2) is 27.7 Å². The van der Waals surface area contributed by atoms with Crippen LogP contribution in [0.1, 0.15) is 49.0 Å². The summed E-state index contributed by atoms with van der Waals surface area (Å²) in [5.74, 6) is -0.251. The average Bonchev–Trinajstić information content (AvgIpc) is 2.86. The first-order valence-corrected chi connectivity index (χ1v) is 7.23. The van der Waals surface area contributed by atoms with E-state index < -0.39 is 5.97 Å². The molecule has 1 aliphatic heterocycles. The van der Waals surface area contributed by atoms with Crippen molar-refractivity contribution in [1.29, 1.82) is 0 Å². The van der Waals surface area contributed by atoms with Gasteiger partial charge in [-0.2, -0.15) is 0 Å². The Morgan fingerprint density at radius 3 is 2.90 bits per heavy atom. The minimum atomic E-state index is -0.717. The lowest BCUT2D eigenvalue weighted by Gasteiger charge is -2.27. The van der Waals surface area contributed by atoms with E-state index in [9.17, 15) is 4.79 Å². The lowest BCUT2D eigenvalue weighted by Crippen LogP contribution is -2.29. The van der Waals surface area contributed by atoms with Gasteiger partial charge in [-0.3, -0.25) is 4.79 Å². The number of nitrogens with zero attached hydrogens (tertiary/aromatic N) is 2. The van der Waals surface area contributed by atoms with E-state index in [1.54, 1.807) is 0 Å². The topological polar surface area (TPSA) is 72.3 Å². The molecule has 1 N–H and O–H groups in total. The molecule has 2 heterocycles. The molecular formula is C15H20N2O3. The van der Waals surface area contributed by atoms with Gasteiger partial charge in [0.15, 0.2) is 5.82 Å². The average molecular weight is 276 g/mol. The highest BCUT2D eigenvalue weighted by molar-refractivity contribution is 5.71. The maximum Gasteiger partial charge on any atom is 0.306 e. The summed E-state index contributed by atoms with van der Waals surface area (Å²) in [7, 11) is 0. The predicted octanol–water partition coefficient (Wildman–Crippen LogP) is 2.00. The van der Waals surface area contributed by atoms with Crippen molar-refractivity contribution in [3.63, 3.8) is 0 Å². The van der Waals surface area contributed by atoms with Crippen molar-refractivity contribution in [2.24, 2.45) is 5.92 Å². The molecule has 2 atom stereocenters. The van der Waals surface area contributed by atoms with Crippen LogP contribution in [0.4, 0.5) is 0 Å². The smallest absolute Gasteiger partial charge is 0.306 e. The second-order valence-corrected chi connectivity index (χ2v) is 6.02. The van der Waals surface area contributed by atoms with Gasteiger partial charge in [-0.25, -0.2) is 9.97 Å². The number of hydrogen-bond acceptors (Lipinski definition) is 4. The van der Waals surface area contributed by atoms with Crippen LogP contribution in [-0.2, 0) is 28.0 Å². The first-order chi connectivity index (χ1) is 9.49. The van der Waals surface area contributed by atoms with Crippen LogP contribution in [0.3, 0.4) is 0 Å². The van der Waals surface area contributed by atoms with E-state index in [4.69, 9.17) is 14.8 Å². The summed E-state index contributed by atoms with van der Waals surface area (Å²) < 4.78 is 5.81. The maximum absolute atomic E-state index is 11.1. The van der Waals surface area contributed by atoms with Crippen molar-refractivity contribution in [3.8, 4) is 0 Å². The third kappa shape index (κ3) is 2.20. The van der Waals surface area contributed by atoms with E-state index in [2.05, 4.69) is 4.98 Å². The normalized spacial score (nSPS) is 29.2. The van der Waals surface area contributed by atoms with Crippen LogP contribution in [0.5, 0.6) is 0 Å². The zero-order valence-corrected chi connectivity index (χ0v) is 12.0. The number of carboxylic acids is 1. The number of ether oxygens (including phenoxy) is 1. The third-order valence-corrected chi connectivity index (χ3v) is 4.52. The van der Waals surface area contributed by atoms with Gasteiger partial charge in [0.1, 0.15) is 5.60 Å². The van der Waals surface area contributed by atoms with E-state index in [1.807, 2.05) is 13.8 Å². The molecule has 2 aliphatic rings. The van der Waals surface area contributed by atoms with Crippen molar-refractivity contribution in [2.45, 2.75) is 51.6 Å². The number of carbonyl (C=O) groups is 1. The molecule has 5 nitrogen and oxygen atoms in total. The monoisotopic (exact) mass is 276 g/mol. The Hall–Kier alpha value is -1.49. The Balaban J connectivity index is 1.96. The number of fused-ring (bicyclic) bond motifs is 1. The molecule has 3 rings (SSSR count). The van der Waals surface area contributed by atoms with Crippen molar-refractivity contribution in [2.75, 3.05) is 6.61 Å². The van der Waals surface area contributed by atoms with Crippen LogP contribution in [0.15, 0.2) is 0 Å². The Morgan fingerprint density at radius 2 is 2.25 bits per heavy atom. The quantitative estimate of drug-likeness (QED) is 0.894. The van der Waals surface area contributed by atoms with Crippen LogP contribution >= 0.6 is 0 Å². The van der Waals surface area contributed by atoms with Crippen LogP contribution in [0.25, 0.3) is 0 Å². The van der Waals surface area contributed by atoms with Crippen LogP contribution in [0, 0.1) is 12.8 Å². The number of aliphatic carboxylic acids is 1. The fourth-order valence-electron chi connectivity index (χ4n) is 3.19. The summed E-state index contributed by atoms with van der Waals surface area (Å²) >= 11 is 0. The second-order valence-electron chi connectivity index (χ2n) is 6.02. The molecule has 1 saturated heterocycles. The first-order valence-electron chi connectivity index (χ1n) is 7.23. The number of rotatable bonds is 2. The van der Waals surface area contributed by atoms with Crippen molar-refractivity contribution < 1.29 is 14.6 Å². The zero-order chi connectivity index (χ0) is 14.3. The van der Waals surface area contributed by atoms with Crippen molar-refractivity contribution in [3.05, 3.63) is 22.8 Å². The fraction of sp³-hybridized carbons (Fsp3) is 0.667. The molecule has 1 fully saturated rings. The van der Waals surface area contributed by atoms with Gasteiger partial charge in [0.25, 0.3) is 0 Å². The summed E-state index contributed by atoms with van der Waals surface area (Å²) in [5, 5.41) is 9.16. The molecule has 2 unspecified atom stereocenters. The van der Waals surface area contributed by atoms with Gasteiger partial charge in [0, 0.05) is 18.0 Å². The molecule has 0 radical (unpaired) electrons. The standard InChI is InChI=1S/C15H20N2O3/c1-9-11-8-10(13(18)19)4-5-12(11)17-14(16-9)15(2)6-3-7-20-15/h10H,3-8H2,1-2H3,(H,18,19). The van der Waals surface area contributed by atoms with Gasteiger partial charge < -0.3 is 9.84 Å². The molecular weight excluding hydrogens is 256 g/mol. The number of carboxylic acid groups (broad SMARTS) is 1. The maximum atomic E-state index is 11.1. The van der Waals surface area contributed by atoms with Gasteiger partial charge in [0.05, 0.1) is 5.92 Å². The van der Waals surface area contributed by atoms with E-state index in [0.29, 0.717) is 12.8 Å². The van der Waals surface area contributed by atoms with Crippen LogP contribution in [0.2, 0.25) is 0 Å². The molecule has 1 aromatic rings. The van der Waals surface area contributed by atoms with E-state index in [1.165, 1.54) is 0 Å². The molecule has 1 aliphatic carbocycles. The van der Waals surface area contributed by atoms with Gasteiger partial charge in [0.2, 0.25) is 0 Å². The van der Waals surface area contributed by atoms with Crippen molar-refractivity contribution >= 4 is 5.97 Å². The molecule has 0 spiro atoms. The number of aryl methyl sites for hydroxylation is 2. The third-order valence-electron chi connectivity index (χ3n) is 4.52. The largest absolute Gasteiger partial charge is 0.481 e. The number of aromatic nitrogens is 2. The summed E-state index contributed by atoms with van der Waals surface area (Å²) in [6, 6.07) is 0. The number of hydrogen-bond donors (Lipinski definition) is 1. The lowest BCUT2D eigenvalue weighted by molar-refractivity contribution is -0.142. The fourth-order valence-corrected chi connectivity index (χ4v) is 3.19. The Kier molecular flexibility index (Phi) is 3.24. The first kappa shape index (κ1) is 13.5. The van der Waals surface area contributed by atoms with Gasteiger partial charge in [-0.15, -0.1) is 0 Å². The zero-order valence-electron chi connectivity index (χ0n) is 12.0. The SMILES string of the molecule is Cc1nc(C2(C)CCCO2)nc2c1CC(C(=O)O)CC2. The molecule has 0 aromatic carbocycles. The summed E-state index contributed by atoms with van der Waals surface area (Å²) in [5.41, 5.74) is 2.58. The van der Waals surface area contributed by atoms with Crippen LogP contribution < -0.4 is 0 Å². The predicted molar refractivity (Wildman–Crippen MR) is 72.5 cm³/mol. The minimum absolute atomic E-state index is 0.297. The summed E-state index contributed by atoms with van der Waals surface area (Å²) in [4.78, 5) is 20.4. The molecule has 20 heavy (non-hydrogen) atoms. The Bertz CT molecular complexity index is 550. The van der Waals surface area contributed by atoms with Gasteiger partial charge in [-0.1, -0.05) is 0 Å². The van der Waals surface area contributed by atoms with E-state index in [0.717, 1.165) is 48.6 Å². The Labute approximate surface area is 118 Å². The highest BCUT2D eigenvalue weighted by atomic mass is 16.5. The molecule has 5 heteroatoms. The molecule has 0 saturated carbocycles. The van der Waals surface area contributed by atoms with Crippen molar-refractivity contribution in [1.82, 2.24) is 9.97 Å². The van der Waals surface area contributed by atoms with E-state index in [-0.39, 0.29) is 11.5 Å². The molecule has 0 amide bonds. The minimum Gasteiger partial charge on any atom is -0.481 e. The lowest BCUT2D eigenvalue weighted by atomic mass is 9.85. The van der Waals surface area contributed by atoms with Gasteiger partial charge in [-0.05, 0) is 51.5 Å². The Morgan fingerprint density at radius 1 is 1.45 bits per heavy atom. The molecule has 1 aromatic heterocycles. The summed E-state index contributed by atoms with van der Waals surface area (Å²) in [6.07, 6.45) is 3.92. The molecule has 0 bridgehead atoms. The van der Waals surface area contributed by atoms with Gasteiger partial charge >= 0.3 is 5.97 Å². The second kappa shape index (κ2) is 4.81. The highest BCUT2D eigenvalue weighted by Gasteiger charge is 2.36. The summed E-state index contributed by atoms with van der Waals surface area (Å²) in [6.45, 7) is 4.76.